The molecule has 1 fully saturated rings. The van der Waals surface area contributed by atoms with Crippen molar-refractivity contribution in [1.29, 1.82) is 0 Å². The number of amides is 1. The standard InChI is InChI=1S/C13H20F4N4O/c1-5-18-12(13(15,16)17)21(4)8(3)20-11(22)10-6-9(14)7(2)19-10/h5,7-10,19H,1,6H2,2-4H3,(H,20,22)/b18-12-/t7-,8?,9+,10-/m0/s1. The highest BCUT2D eigenvalue weighted by Crippen LogP contribution is 2.21. The average Bonchev–Trinajstić information content (AvgIpc) is 2.74. The maximum absolute atomic E-state index is 13.4. The Labute approximate surface area is 126 Å². The Bertz CT molecular complexity index is 442. The van der Waals surface area contributed by atoms with Gasteiger partial charge >= 0.3 is 6.18 Å². The quantitative estimate of drug-likeness (QED) is 0.357. The number of carbonyl (C=O) groups excluding carboxylic acids is 1. The van der Waals surface area contributed by atoms with Crippen molar-refractivity contribution in [2.75, 3.05) is 7.05 Å². The van der Waals surface area contributed by atoms with Crippen LogP contribution in [0, 0.1) is 0 Å². The van der Waals surface area contributed by atoms with E-state index in [9.17, 15) is 22.4 Å². The molecule has 1 aliphatic rings. The molecule has 1 aliphatic heterocycles. The van der Waals surface area contributed by atoms with Gasteiger partial charge in [0.15, 0.2) is 0 Å². The predicted octanol–water partition coefficient (Wildman–Crippen LogP) is 1.57. The third-order valence-corrected chi connectivity index (χ3v) is 3.52. The fourth-order valence-electron chi connectivity index (χ4n) is 2.14. The number of alkyl halides is 4. The van der Waals surface area contributed by atoms with E-state index in [1.54, 1.807) is 6.92 Å². The summed E-state index contributed by atoms with van der Waals surface area (Å²) in [5, 5.41) is 5.17. The van der Waals surface area contributed by atoms with Crippen LogP contribution in [0.25, 0.3) is 0 Å². The number of rotatable bonds is 4. The van der Waals surface area contributed by atoms with Crippen molar-refractivity contribution in [2.45, 2.75) is 50.9 Å². The molecule has 22 heavy (non-hydrogen) atoms. The van der Waals surface area contributed by atoms with Crippen molar-refractivity contribution >= 4 is 11.7 Å². The van der Waals surface area contributed by atoms with Gasteiger partial charge in [-0.3, -0.25) is 4.79 Å². The molecule has 0 spiro atoms. The second kappa shape index (κ2) is 7.08. The van der Waals surface area contributed by atoms with Crippen molar-refractivity contribution in [3.8, 4) is 0 Å². The average molecular weight is 324 g/mol. The minimum Gasteiger partial charge on any atom is -0.336 e. The van der Waals surface area contributed by atoms with Crippen LogP contribution in [0.5, 0.6) is 0 Å². The Hall–Kier alpha value is -1.64. The van der Waals surface area contributed by atoms with E-state index in [4.69, 9.17) is 0 Å². The highest BCUT2D eigenvalue weighted by Gasteiger charge is 2.41. The van der Waals surface area contributed by atoms with Gasteiger partial charge in [0.05, 0.1) is 12.2 Å². The van der Waals surface area contributed by atoms with Crippen LogP contribution in [0.1, 0.15) is 20.3 Å². The van der Waals surface area contributed by atoms with Crippen LogP contribution in [0.3, 0.4) is 0 Å². The van der Waals surface area contributed by atoms with Gasteiger partial charge in [0.1, 0.15) is 6.17 Å². The zero-order chi connectivity index (χ0) is 17.1. The van der Waals surface area contributed by atoms with E-state index in [1.165, 1.54) is 6.92 Å². The van der Waals surface area contributed by atoms with Gasteiger partial charge in [-0.2, -0.15) is 13.2 Å². The highest BCUT2D eigenvalue weighted by molar-refractivity contribution is 5.89. The minimum absolute atomic E-state index is 0.00366. The number of halogens is 4. The lowest BCUT2D eigenvalue weighted by molar-refractivity contribution is -0.124. The molecule has 1 saturated heterocycles. The molecule has 2 N–H and O–H groups in total. The molecule has 0 aromatic heterocycles. The van der Waals surface area contributed by atoms with E-state index in [2.05, 4.69) is 22.2 Å². The van der Waals surface area contributed by atoms with E-state index in [0.717, 1.165) is 18.1 Å². The summed E-state index contributed by atoms with van der Waals surface area (Å²) in [6, 6.07) is -1.22. The Kier molecular flexibility index (Phi) is 5.92. The number of aliphatic imine (C=N–C) groups is 1. The summed E-state index contributed by atoms with van der Waals surface area (Å²) in [5.74, 6) is -1.72. The summed E-state index contributed by atoms with van der Waals surface area (Å²) in [5.41, 5.74) is 0. The minimum atomic E-state index is -4.67. The summed E-state index contributed by atoms with van der Waals surface area (Å²) in [6.07, 6.45) is -6.02. The third-order valence-electron chi connectivity index (χ3n) is 3.52. The van der Waals surface area contributed by atoms with Crippen LogP contribution in [-0.4, -0.2) is 54.3 Å². The maximum Gasteiger partial charge on any atom is 0.449 e. The Morgan fingerprint density at radius 1 is 1.55 bits per heavy atom. The van der Waals surface area contributed by atoms with Crippen LogP contribution in [-0.2, 0) is 4.79 Å². The van der Waals surface area contributed by atoms with Crippen molar-refractivity contribution in [3.63, 3.8) is 0 Å². The van der Waals surface area contributed by atoms with Crippen LogP contribution in [0.2, 0.25) is 0 Å². The van der Waals surface area contributed by atoms with Crippen molar-refractivity contribution in [3.05, 3.63) is 12.8 Å². The fraction of sp³-hybridized carbons (Fsp3) is 0.692. The first kappa shape index (κ1) is 18.4. The molecule has 1 heterocycles. The fourth-order valence-corrected chi connectivity index (χ4v) is 2.14. The predicted molar refractivity (Wildman–Crippen MR) is 75.0 cm³/mol. The molecule has 1 amide bonds. The summed E-state index contributed by atoms with van der Waals surface area (Å²) < 4.78 is 52.0. The van der Waals surface area contributed by atoms with Gasteiger partial charge in [0.25, 0.3) is 0 Å². The lowest BCUT2D eigenvalue weighted by Gasteiger charge is -2.30. The van der Waals surface area contributed by atoms with E-state index >= 15 is 0 Å². The lowest BCUT2D eigenvalue weighted by atomic mass is 10.1. The smallest absolute Gasteiger partial charge is 0.336 e. The van der Waals surface area contributed by atoms with E-state index in [0.29, 0.717) is 0 Å². The largest absolute Gasteiger partial charge is 0.449 e. The molecular weight excluding hydrogens is 304 g/mol. The molecule has 0 radical (unpaired) electrons. The summed E-state index contributed by atoms with van der Waals surface area (Å²) in [7, 11) is 1.16. The van der Waals surface area contributed by atoms with Crippen molar-refractivity contribution < 1.29 is 22.4 Å². The molecule has 0 bridgehead atoms. The number of nitrogens with zero attached hydrogens (tertiary/aromatic N) is 2. The molecule has 4 atom stereocenters. The second-order valence-electron chi connectivity index (χ2n) is 5.19. The molecule has 0 saturated carbocycles. The molecule has 1 unspecified atom stereocenters. The van der Waals surface area contributed by atoms with Crippen molar-refractivity contribution in [1.82, 2.24) is 15.5 Å². The zero-order valence-electron chi connectivity index (χ0n) is 12.6. The highest BCUT2D eigenvalue weighted by atomic mass is 19.4. The van der Waals surface area contributed by atoms with Crippen LogP contribution in [0.15, 0.2) is 17.8 Å². The van der Waals surface area contributed by atoms with Gasteiger partial charge in [-0.15, -0.1) is 0 Å². The molecule has 0 aromatic rings. The number of hydrogen-bond donors (Lipinski definition) is 2. The number of hydrogen-bond acceptors (Lipinski definition) is 3. The van der Waals surface area contributed by atoms with Gasteiger partial charge in [-0.05, 0) is 13.8 Å². The van der Waals surface area contributed by atoms with Gasteiger partial charge in [0, 0.05) is 25.7 Å². The molecular formula is C13H20F4N4O. The van der Waals surface area contributed by atoms with Crippen molar-refractivity contribution in [2.24, 2.45) is 4.99 Å². The number of amidine groups is 1. The van der Waals surface area contributed by atoms with Gasteiger partial charge in [-0.25, -0.2) is 9.38 Å². The first-order valence-corrected chi connectivity index (χ1v) is 6.77. The van der Waals surface area contributed by atoms with Gasteiger partial charge < -0.3 is 15.5 Å². The molecule has 126 valence electrons. The Balaban J connectivity index is 2.71. The van der Waals surface area contributed by atoms with Crippen LogP contribution >= 0.6 is 0 Å². The molecule has 9 heteroatoms. The molecule has 5 nitrogen and oxygen atoms in total. The first-order chi connectivity index (χ1) is 10.1. The summed E-state index contributed by atoms with van der Waals surface area (Å²) in [4.78, 5) is 16.0. The third kappa shape index (κ3) is 4.43. The lowest BCUT2D eigenvalue weighted by Crippen LogP contribution is -2.54. The van der Waals surface area contributed by atoms with E-state index < -0.39 is 42.3 Å². The topological polar surface area (TPSA) is 56.7 Å². The first-order valence-electron chi connectivity index (χ1n) is 6.77. The Morgan fingerprint density at radius 3 is 2.55 bits per heavy atom. The monoisotopic (exact) mass is 324 g/mol. The zero-order valence-corrected chi connectivity index (χ0v) is 12.6. The number of nitrogens with one attached hydrogen (secondary N) is 2. The second-order valence-corrected chi connectivity index (χ2v) is 5.19. The number of carbonyl (C=O) groups is 1. The van der Waals surface area contributed by atoms with E-state index in [-0.39, 0.29) is 6.42 Å². The normalized spacial score (nSPS) is 27.4. The van der Waals surface area contributed by atoms with Gasteiger partial charge in [-0.1, -0.05) is 6.58 Å². The van der Waals surface area contributed by atoms with Gasteiger partial charge in [0.2, 0.25) is 11.7 Å². The summed E-state index contributed by atoms with van der Waals surface area (Å²) >= 11 is 0. The SMILES string of the molecule is C=C/N=C(\N(C)C(C)NC(=O)[C@@H]1C[C@@H](F)[C@H](C)N1)C(F)(F)F. The molecule has 1 rings (SSSR count). The summed E-state index contributed by atoms with van der Waals surface area (Å²) in [6.45, 7) is 6.13. The molecule has 0 aliphatic carbocycles. The van der Waals surface area contributed by atoms with Crippen LogP contribution in [0.4, 0.5) is 17.6 Å². The van der Waals surface area contributed by atoms with Crippen LogP contribution < -0.4 is 10.6 Å². The molecule has 0 aromatic carbocycles. The van der Waals surface area contributed by atoms with E-state index in [1.807, 2.05) is 0 Å². The Morgan fingerprint density at radius 2 is 2.14 bits per heavy atom. The maximum atomic E-state index is 13.4.